The van der Waals surface area contributed by atoms with Gasteiger partial charge in [0.2, 0.25) is 0 Å². The highest BCUT2D eigenvalue weighted by molar-refractivity contribution is 7.80. The Bertz CT molecular complexity index is 346. The molecule has 2 N–H and O–H groups in total. The van der Waals surface area contributed by atoms with Crippen molar-refractivity contribution in [3.8, 4) is 0 Å². The summed E-state index contributed by atoms with van der Waals surface area (Å²) in [6, 6.07) is 0. The lowest BCUT2D eigenvalue weighted by atomic mass is 10.3. The Hall–Kier alpha value is -1.03. The van der Waals surface area contributed by atoms with E-state index in [2.05, 4.69) is 4.18 Å². The number of hydrogen-bond donors (Lipinski definition) is 2. The monoisotopic (exact) mass is 211 g/mol. The van der Waals surface area contributed by atoms with Crippen molar-refractivity contribution in [1.29, 1.82) is 0 Å². The summed E-state index contributed by atoms with van der Waals surface area (Å²) in [7, 11) is -4.80. The first-order valence-electron chi connectivity index (χ1n) is 3.02. The first kappa shape index (κ1) is 10.1. The van der Waals surface area contributed by atoms with Gasteiger partial charge in [0, 0.05) is 0 Å². The molecule has 0 aliphatic carbocycles. The summed E-state index contributed by atoms with van der Waals surface area (Å²) < 4.78 is 32.2. The second-order valence-corrected chi connectivity index (χ2v) is 3.31. The van der Waals surface area contributed by atoms with Crippen molar-refractivity contribution >= 4 is 22.2 Å². The van der Waals surface area contributed by atoms with Crippen LogP contribution in [0.25, 0.3) is 0 Å². The summed E-state index contributed by atoms with van der Waals surface area (Å²) in [5.41, 5.74) is 0. The number of nitrogens with zero attached hydrogens (tertiary/aromatic N) is 1. The summed E-state index contributed by atoms with van der Waals surface area (Å²) in [6.45, 7) is 0. The van der Waals surface area contributed by atoms with E-state index < -0.39 is 34.7 Å². The topological polar surface area (TPSA) is 121 Å². The van der Waals surface area contributed by atoms with E-state index in [4.69, 9.17) is 9.76 Å². The standard InChI is InChI=1S/C4H5NO7S/c6-3-1-2(4(7)5(3)8)12-13(9,10)11/h2,8H,1H2,(H,9,10,11). The minimum absolute atomic E-state index is 0.254. The fourth-order valence-electron chi connectivity index (χ4n) is 0.814. The summed E-state index contributed by atoms with van der Waals surface area (Å²) in [6.07, 6.45) is -2.29. The fraction of sp³-hybridized carbons (Fsp3) is 0.500. The van der Waals surface area contributed by atoms with Gasteiger partial charge in [0.1, 0.15) is 0 Å². The Labute approximate surface area is 72.6 Å². The molecule has 0 bridgehead atoms. The average molecular weight is 211 g/mol. The van der Waals surface area contributed by atoms with Crippen LogP contribution in [0.3, 0.4) is 0 Å². The summed E-state index contributed by atoms with van der Waals surface area (Å²) in [5, 5.41) is 8.36. The molecule has 0 aromatic heterocycles. The molecule has 0 spiro atoms. The predicted octanol–water partition coefficient (Wildman–Crippen LogP) is -1.68. The Kier molecular flexibility index (Phi) is 2.34. The van der Waals surface area contributed by atoms with Crippen LogP contribution in [0.5, 0.6) is 0 Å². The highest BCUT2D eigenvalue weighted by Crippen LogP contribution is 2.15. The van der Waals surface area contributed by atoms with Crippen LogP contribution >= 0.6 is 0 Å². The third-order valence-corrected chi connectivity index (χ3v) is 1.79. The van der Waals surface area contributed by atoms with Gasteiger partial charge < -0.3 is 0 Å². The van der Waals surface area contributed by atoms with Crippen LogP contribution in [0.1, 0.15) is 6.42 Å². The molecule has 1 saturated heterocycles. The van der Waals surface area contributed by atoms with E-state index in [0.29, 0.717) is 0 Å². The molecule has 1 unspecified atom stereocenters. The smallest absolute Gasteiger partial charge is 0.278 e. The molecule has 0 radical (unpaired) electrons. The Morgan fingerprint density at radius 3 is 2.31 bits per heavy atom. The van der Waals surface area contributed by atoms with Gasteiger partial charge in [0.15, 0.2) is 6.10 Å². The third kappa shape index (κ3) is 2.21. The van der Waals surface area contributed by atoms with Crippen LogP contribution in [0.4, 0.5) is 0 Å². The molecule has 74 valence electrons. The maximum absolute atomic E-state index is 10.7. The molecule has 8 nitrogen and oxygen atoms in total. The van der Waals surface area contributed by atoms with Crippen molar-refractivity contribution in [2.24, 2.45) is 0 Å². The number of rotatable bonds is 2. The summed E-state index contributed by atoms with van der Waals surface area (Å²) in [5.74, 6) is -2.21. The van der Waals surface area contributed by atoms with E-state index in [1.165, 1.54) is 0 Å². The molecule has 2 amide bonds. The van der Waals surface area contributed by atoms with E-state index >= 15 is 0 Å². The Morgan fingerprint density at radius 1 is 1.46 bits per heavy atom. The number of amides is 2. The van der Waals surface area contributed by atoms with Gasteiger partial charge in [-0.2, -0.15) is 13.5 Å². The molecule has 0 saturated carbocycles. The molecule has 9 heteroatoms. The molecular formula is C4H5NO7S. The maximum Gasteiger partial charge on any atom is 0.398 e. The van der Waals surface area contributed by atoms with Gasteiger partial charge in [-0.15, -0.1) is 0 Å². The molecule has 1 aliphatic rings. The van der Waals surface area contributed by atoms with E-state index in [1.54, 1.807) is 0 Å². The van der Waals surface area contributed by atoms with Crippen LogP contribution < -0.4 is 0 Å². The van der Waals surface area contributed by atoms with Gasteiger partial charge in [0.05, 0.1) is 6.42 Å². The minimum Gasteiger partial charge on any atom is -0.278 e. The first-order valence-corrected chi connectivity index (χ1v) is 4.39. The second kappa shape index (κ2) is 3.03. The molecule has 1 atom stereocenters. The fourth-order valence-corrected chi connectivity index (χ4v) is 1.26. The van der Waals surface area contributed by atoms with Gasteiger partial charge in [-0.1, -0.05) is 0 Å². The lowest BCUT2D eigenvalue weighted by Crippen LogP contribution is -2.30. The molecule has 1 fully saturated rings. The van der Waals surface area contributed by atoms with Crippen molar-refractivity contribution in [2.75, 3.05) is 0 Å². The molecule has 1 rings (SSSR count). The lowest BCUT2D eigenvalue weighted by molar-refractivity contribution is -0.173. The maximum atomic E-state index is 10.7. The number of carbonyl (C=O) groups is 2. The van der Waals surface area contributed by atoms with Crippen LogP contribution in [0, 0.1) is 0 Å². The second-order valence-electron chi connectivity index (χ2n) is 2.26. The third-order valence-electron chi connectivity index (χ3n) is 1.32. The zero-order valence-electron chi connectivity index (χ0n) is 6.08. The van der Waals surface area contributed by atoms with Gasteiger partial charge in [-0.3, -0.25) is 19.3 Å². The largest absolute Gasteiger partial charge is 0.398 e. The van der Waals surface area contributed by atoms with Crippen molar-refractivity contribution < 1.29 is 31.9 Å². The van der Waals surface area contributed by atoms with E-state index in [9.17, 15) is 18.0 Å². The van der Waals surface area contributed by atoms with Gasteiger partial charge in [-0.25, -0.2) is 4.18 Å². The predicted molar refractivity (Wildman–Crippen MR) is 34.7 cm³/mol. The van der Waals surface area contributed by atoms with Crippen LogP contribution in [0.2, 0.25) is 0 Å². The lowest BCUT2D eigenvalue weighted by Gasteiger charge is -2.04. The number of hydroxylamine groups is 2. The summed E-state index contributed by atoms with van der Waals surface area (Å²) in [4.78, 5) is 21.3. The number of imide groups is 1. The van der Waals surface area contributed by atoms with E-state index in [1.807, 2.05) is 0 Å². The zero-order valence-corrected chi connectivity index (χ0v) is 6.89. The average Bonchev–Trinajstić information content (AvgIpc) is 2.15. The van der Waals surface area contributed by atoms with Crippen LogP contribution in [-0.2, 0) is 24.2 Å². The Morgan fingerprint density at radius 2 is 2.00 bits per heavy atom. The van der Waals surface area contributed by atoms with Crippen molar-refractivity contribution in [2.45, 2.75) is 12.5 Å². The SMILES string of the molecule is O=C1CC(OS(=O)(=O)O)C(=O)N1O. The van der Waals surface area contributed by atoms with Gasteiger partial charge in [0.25, 0.3) is 11.8 Å². The van der Waals surface area contributed by atoms with Crippen LogP contribution in [0.15, 0.2) is 0 Å². The summed E-state index contributed by atoms with van der Waals surface area (Å²) >= 11 is 0. The highest BCUT2D eigenvalue weighted by Gasteiger charge is 2.41. The van der Waals surface area contributed by atoms with E-state index in [0.717, 1.165) is 0 Å². The molecule has 1 aliphatic heterocycles. The number of hydrogen-bond acceptors (Lipinski definition) is 6. The number of carbonyl (C=O) groups excluding carboxylic acids is 2. The van der Waals surface area contributed by atoms with Crippen molar-refractivity contribution in [3.63, 3.8) is 0 Å². The zero-order chi connectivity index (χ0) is 10.2. The molecule has 0 aromatic carbocycles. The van der Waals surface area contributed by atoms with Gasteiger partial charge in [-0.05, 0) is 0 Å². The van der Waals surface area contributed by atoms with Crippen molar-refractivity contribution in [1.82, 2.24) is 5.06 Å². The minimum atomic E-state index is -4.80. The normalized spacial score (nSPS) is 24.2. The van der Waals surface area contributed by atoms with Crippen molar-refractivity contribution in [3.05, 3.63) is 0 Å². The quantitative estimate of drug-likeness (QED) is 0.318. The highest BCUT2D eigenvalue weighted by atomic mass is 32.3. The Balaban J connectivity index is 2.76. The first-order chi connectivity index (χ1) is 5.81. The molecule has 1 heterocycles. The molecule has 0 aromatic rings. The van der Waals surface area contributed by atoms with Crippen LogP contribution in [-0.4, -0.2) is 41.2 Å². The molecular weight excluding hydrogens is 206 g/mol. The van der Waals surface area contributed by atoms with E-state index in [-0.39, 0.29) is 5.06 Å². The van der Waals surface area contributed by atoms with Gasteiger partial charge >= 0.3 is 10.4 Å². The molecule has 13 heavy (non-hydrogen) atoms.